The van der Waals surface area contributed by atoms with Crippen LogP contribution in [-0.2, 0) is 9.59 Å². The lowest BCUT2D eigenvalue weighted by Crippen LogP contribution is -2.53. The zero-order valence-corrected chi connectivity index (χ0v) is 20.6. The number of benzene rings is 2. The Morgan fingerprint density at radius 3 is 2.12 bits per heavy atom. The molecule has 34 heavy (non-hydrogen) atoms. The lowest BCUT2D eigenvalue weighted by molar-refractivity contribution is -0.121. The number of carbonyl (C=O) groups is 2. The minimum atomic E-state index is -0.148. The summed E-state index contributed by atoms with van der Waals surface area (Å²) < 4.78 is 0. The normalized spacial score (nSPS) is 23.5. The number of nitrogens with zero attached hydrogens (tertiary/aromatic N) is 3. The van der Waals surface area contributed by atoms with Gasteiger partial charge in [-0.25, -0.2) is 0 Å². The van der Waals surface area contributed by atoms with Crippen molar-refractivity contribution in [3.63, 3.8) is 0 Å². The van der Waals surface area contributed by atoms with Crippen LogP contribution in [0, 0.1) is 0 Å². The fraction of sp³-hybridized carbons (Fsp3) is 0.517. The molecule has 2 amide bonds. The second kappa shape index (κ2) is 9.81. The third-order valence-corrected chi connectivity index (χ3v) is 8.02. The van der Waals surface area contributed by atoms with E-state index in [4.69, 9.17) is 0 Å². The van der Waals surface area contributed by atoms with E-state index in [1.54, 1.807) is 6.92 Å². The Labute approximate surface area is 203 Å². The van der Waals surface area contributed by atoms with Crippen molar-refractivity contribution in [3.8, 4) is 0 Å². The summed E-state index contributed by atoms with van der Waals surface area (Å²) >= 11 is 0. The van der Waals surface area contributed by atoms with E-state index in [1.165, 1.54) is 56.2 Å². The van der Waals surface area contributed by atoms with Crippen LogP contribution in [0.15, 0.2) is 48.5 Å². The molecule has 5 heteroatoms. The number of amides is 2. The average Bonchev–Trinajstić information content (AvgIpc) is 2.82. The van der Waals surface area contributed by atoms with Crippen LogP contribution < -0.4 is 14.7 Å². The molecule has 1 saturated carbocycles. The summed E-state index contributed by atoms with van der Waals surface area (Å²) in [6, 6.07) is 16.9. The SMILES string of the molecule is CC(=O)N1c2ccccc2N(C(=O)C2CCN(C3CCCCCCC3)c3ccccc32)CC1C. The van der Waals surface area contributed by atoms with E-state index in [9.17, 15) is 9.59 Å². The van der Waals surface area contributed by atoms with Crippen LogP contribution in [0.1, 0.15) is 76.7 Å². The first-order valence-corrected chi connectivity index (χ1v) is 13.1. The molecule has 5 rings (SSSR count). The number of rotatable bonds is 2. The second-order valence-corrected chi connectivity index (χ2v) is 10.3. The van der Waals surface area contributed by atoms with Crippen molar-refractivity contribution in [2.45, 2.75) is 83.2 Å². The molecule has 2 heterocycles. The standard InChI is InChI=1S/C29H37N3O2/c1-21-20-31(27-16-10-11-17-28(27)32(21)22(2)33)29(34)25-18-19-30(26-15-9-8-14-24(25)26)23-12-6-4-3-5-7-13-23/h8-11,14-17,21,23,25H,3-7,12-13,18-20H2,1-2H3. The second-order valence-electron chi connectivity index (χ2n) is 10.3. The Hall–Kier alpha value is -2.82. The van der Waals surface area contributed by atoms with Crippen molar-refractivity contribution < 1.29 is 9.59 Å². The van der Waals surface area contributed by atoms with Gasteiger partial charge in [0.25, 0.3) is 0 Å². The Morgan fingerprint density at radius 1 is 0.794 bits per heavy atom. The fourth-order valence-electron chi connectivity index (χ4n) is 6.42. The molecule has 5 nitrogen and oxygen atoms in total. The highest BCUT2D eigenvalue weighted by Crippen LogP contribution is 2.42. The van der Waals surface area contributed by atoms with Crippen LogP contribution in [0.2, 0.25) is 0 Å². The molecule has 0 saturated heterocycles. The first kappa shape index (κ1) is 22.9. The van der Waals surface area contributed by atoms with Crippen LogP contribution in [0.5, 0.6) is 0 Å². The van der Waals surface area contributed by atoms with Gasteiger partial charge in [-0.2, -0.15) is 0 Å². The molecule has 1 aliphatic carbocycles. The predicted molar refractivity (Wildman–Crippen MR) is 139 cm³/mol. The maximum atomic E-state index is 14.1. The number of anilines is 3. The highest BCUT2D eigenvalue weighted by Gasteiger charge is 2.39. The van der Waals surface area contributed by atoms with E-state index in [1.807, 2.05) is 41.0 Å². The monoisotopic (exact) mass is 459 g/mol. The van der Waals surface area contributed by atoms with Gasteiger partial charge in [-0.15, -0.1) is 0 Å². The van der Waals surface area contributed by atoms with Crippen LogP contribution in [0.25, 0.3) is 0 Å². The van der Waals surface area contributed by atoms with E-state index < -0.39 is 0 Å². The van der Waals surface area contributed by atoms with Gasteiger partial charge in [0.1, 0.15) is 0 Å². The van der Waals surface area contributed by atoms with Crippen molar-refractivity contribution in [1.82, 2.24) is 0 Å². The van der Waals surface area contributed by atoms with Crippen molar-refractivity contribution >= 4 is 28.9 Å². The Kier molecular flexibility index (Phi) is 6.62. The van der Waals surface area contributed by atoms with Gasteiger partial charge in [0.05, 0.1) is 23.3 Å². The molecule has 2 aromatic rings. The van der Waals surface area contributed by atoms with Gasteiger partial charge in [-0.05, 0) is 49.9 Å². The quantitative estimate of drug-likeness (QED) is 0.563. The molecule has 3 aliphatic rings. The molecule has 2 aliphatic heterocycles. The summed E-state index contributed by atoms with van der Waals surface area (Å²) in [6.07, 6.45) is 10.0. The summed E-state index contributed by atoms with van der Waals surface area (Å²) in [5.41, 5.74) is 4.10. The number of fused-ring (bicyclic) bond motifs is 2. The van der Waals surface area contributed by atoms with Crippen molar-refractivity contribution in [2.24, 2.45) is 0 Å². The summed E-state index contributed by atoms with van der Waals surface area (Å²) in [4.78, 5) is 32.8. The molecule has 0 radical (unpaired) electrons. The molecule has 2 atom stereocenters. The van der Waals surface area contributed by atoms with Crippen molar-refractivity contribution in [3.05, 3.63) is 54.1 Å². The molecule has 180 valence electrons. The van der Waals surface area contributed by atoms with Crippen molar-refractivity contribution in [1.29, 1.82) is 0 Å². The van der Waals surface area contributed by atoms with Gasteiger partial charge < -0.3 is 14.7 Å². The Morgan fingerprint density at radius 2 is 1.41 bits per heavy atom. The lowest BCUT2D eigenvalue weighted by Gasteiger charge is -2.44. The topological polar surface area (TPSA) is 43.9 Å². The molecule has 0 aromatic heterocycles. The first-order chi connectivity index (χ1) is 16.6. The number of para-hydroxylation sites is 3. The third-order valence-electron chi connectivity index (χ3n) is 8.02. The summed E-state index contributed by atoms with van der Waals surface area (Å²) in [5.74, 6) is 0.0299. The minimum Gasteiger partial charge on any atom is -0.368 e. The van der Waals surface area contributed by atoms with E-state index in [0.717, 1.165) is 24.3 Å². The smallest absolute Gasteiger partial charge is 0.234 e. The molecule has 2 aromatic carbocycles. The molecular formula is C29H37N3O2. The third kappa shape index (κ3) is 4.21. The van der Waals surface area contributed by atoms with Crippen LogP contribution >= 0.6 is 0 Å². The maximum Gasteiger partial charge on any atom is 0.234 e. The summed E-state index contributed by atoms with van der Waals surface area (Å²) in [7, 11) is 0. The number of hydrogen-bond donors (Lipinski definition) is 0. The molecule has 1 fully saturated rings. The predicted octanol–water partition coefficient (Wildman–Crippen LogP) is 5.88. The van der Waals surface area contributed by atoms with Gasteiger partial charge in [0.15, 0.2) is 0 Å². The first-order valence-electron chi connectivity index (χ1n) is 13.1. The van der Waals surface area contributed by atoms with E-state index in [0.29, 0.717) is 12.6 Å². The lowest BCUT2D eigenvalue weighted by atomic mass is 9.85. The number of hydrogen-bond acceptors (Lipinski definition) is 3. The van der Waals surface area contributed by atoms with Gasteiger partial charge >= 0.3 is 0 Å². The molecule has 0 N–H and O–H groups in total. The van der Waals surface area contributed by atoms with Crippen LogP contribution in [0.4, 0.5) is 17.1 Å². The zero-order valence-electron chi connectivity index (χ0n) is 20.6. The molecule has 0 spiro atoms. The summed E-state index contributed by atoms with van der Waals surface area (Å²) in [6.45, 7) is 5.10. The number of carbonyl (C=O) groups excluding carboxylic acids is 2. The molecule has 2 unspecified atom stereocenters. The molecular weight excluding hydrogens is 422 g/mol. The highest BCUT2D eigenvalue weighted by molar-refractivity contribution is 6.06. The summed E-state index contributed by atoms with van der Waals surface area (Å²) in [5, 5.41) is 0. The molecule has 0 bridgehead atoms. The van der Waals surface area contributed by atoms with Crippen molar-refractivity contribution in [2.75, 3.05) is 27.8 Å². The van der Waals surface area contributed by atoms with Gasteiger partial charge in [-0.1, -0.05) is 62.4 Å². The van der Waals surface area contributed by atoms with E-state index >= 15 is 0 Å². The Bertz CT molecular complexity index is 1040. The highest BCUT2D eigenvalue weighted by atomic mass is 16.2. The maximum absolute atomic E-state index is 14.1. The average molecular weight is 460 g/mol. The van der Waals surface area contributed by atoms with Gasteiger partial charge in [0.2, 0.25) is 11.8 Å². The minimum absolute atomic E-state index is 0.0184. The van der Waals surface area contributed by atoms with E-state index in [-0.39, 0.29) is 23.8 Å². The fourth-order valence-corrected chi connectivity index (χ4v) is 6.42. The zero-order chi connectivity index (χ0) is 23.7. The Balaban J connectivity index is 1.45. The van der Waals surface area contributed by atoms with Crippen LogP contribution in [-0.4, -0.2) is 37.0 Å². The van der Waals surface area contributed by atoms with Crippen LogP contribution in [0.3, 0.4) is 0 Å². The largest absolute Gasteiger partial charge is 0.368 e. The van der Waals surface area contributed by atoms with E-state index in [2.05, 4.69) is 29.2 Å². The van der Waals surface area contributed by atoms with Gasteiger partial charge in [0, 0.05) is 31.7 Å². The van der Waals surface area contributed by atoms with Gasteiger partial charge in [-0.3, -0.25) is 9.59 Å².